The van der Waals surface area contributed by atoms with Crippen molar-refractivity contribution in [1.29, 1.82) is 0 Å². The maximum atomic E-state index is 12.6. The number of anilines is 1. The summed E-state index contributed by atoms with van der Waals surface area (Å²) in [5.74, 6) is -0.327. The first-order valence-electron chi connectivity index (χ1n) is 11.2. The molecule has 1 heterocycles. The number of benzene rings is 3. The Morgan fingerprint density at radius 3 is 2.24 bits per heavy atom. The van der Waals surface area contributed by atoms with Crippen molar-refractivity contribution in [3.63, 3.8) is 0 Å². The van der Waals surface area contributed by atoms with Gasteiger partial charge in [0, 0.05) is 37.4 Å². The van der Waals surface area contributed by atoms with Gasteiger partial charge >= 0.3 is 0 Å². The third kappa shape index (κ3) is 6.40. The highest BCUT2D eigenvalue weighted by molar-refractivity contribution is 6.42. The molecule has 0 unspecified atom stereocenters. The molecule has 0 saturated carbocycles. The van der Waals surface area contributed by atoms with Gasteiger partial charge in [-0.05, 0) is 35.0 Å². The van der Waals surface area contributed by atoms with E-state index >= 15 is 0 Å². The maximum absolute atomic E-state index is 12.6. The van der Waals surface area contributed by atoms with E-state index in [1.165, 1.54) is 6.42 Å². The van der Waals surface area contributed by atoms with E-state index in [1.807, 2.05) is 48.5 Å². The second-order valence-electron chi connectivity index (χ2n) is 7.88. The molecule has 0 atom stereocenters. The van der Waals surface area contributed by atoms with Gasteiger partial charge in [-0.3, -0.25) is 9.59 Å². The highest BCUT2D eigenvalue weighted by Gasteiger charge is 2.22. The Kier molecular flexibility index (Phi) is 8.98. The summed E-state index contributed by atoms with van der Waals surface area (Å²) in [4.78, 5) is 29.2. The predicted molar refractivity (Wildman–Crippen MR) is 138 cm³/mol. The van der Waals surface area contributed by atoms with Crippen molar-refractivity contribution in [2.45, 2.75) is 20.3 Å². The standard InChI is InChI=1S/C23H21Cl2N3O2.C3H8/c24-20-9-8-17(14-21(20)25)27-10-12-28(13-11-27)22(29)15-26-23(30)19-7-3-5-16-4-1-2-6-18(16)19;1-3-2/h1-9,14H,10-13,15H2,(H,26,30);3H2,1-2H3. The fraction of sp³-hybridized carbons (Fsp3) is 0.308. The van der Waals surface area contributed by atoms with Crippen LogP contribution in [0.2, 0.25) is 10.0 Å². The van der Waals surface area contributed by atoms with Crippen LogP contribution in [0.4, 0.5) is 5.69 Å². The Morgan fingerprint density at radius 2 is 1.55 bits per heavy atom. The molecule has 0 radical (unpaired) electrons. The average Bonchev–Trinajstić information content (AvgIpc) is 2.84. The molecular formula is C26H29Cl2N3O2. The number of piperazine rings is 1. The van der Waals surface area contributed by atoms with Crippen LogP contribution in [0, 0.1) is 0 Å². The molecule has 3 aromatic carbocycles. The van der Waals surface area contributed by atoms with Crippen LogP contribution in [-0.2, 0) is 4.79 Å². The number of rotatable bonds is 4. The van der Waals surface area contributed by atoms with Crippen LogP contribution < -0.4 is 10.2 Å². The van der Waals surface area contributed by atoms with Gasteiger partial charge in [-0.2, -0.15) is 0 Å². The molecule has 2 amide bonds. The molecule has 1 saturated heterocycles. The zero-order valence-electron chi connectivity index (χ0n) is 19.0. The average molecular weight is 486 g/mol. The Hall–Kier alpha value is -2.76. The SMILES string of the molecule is CCC.O=C(NCC(=O)N1CCN(c2ccc(Cl)c(Cl)c2)CC1)c1cccc2ccccc12. The zero-order valence-corrected chi connectivity index (χ0v) is 20.5. The monoisotopic (exact) mass is 485 g/mol. The molecule has 0 bridgehead atoms. The van der Waals surface area contributed by atoms with Gasteiger partial charge in [-0.15, -0.1) is 0 Å². The summed E-state index contributed by atoms with van der Waals surface area (Å²) in [5, 5.41) is 5.68. The summed E-state index contributed by atoms with van der Waals surface area (Å²) in [6, 6.07) is 18.8. The molecule has 7 heteroatoms. The van der Waals surface area contributed by atoms with Crippen molar-refractivity contribution < 1.29 is 9.59 Å². The van der Waals surface area contributed by atoms with Crippen molar-refractivity contribution in [2.75, 3.05) is 37.6 Å². The second-order valence-corrected chi connectivity index (χ2v) is 8.70. The Morgan fingerprint density at radius 1 is 0.879 bits per heavy atom. The number of nitrogens with zero attached hydrogens (tertiary/aromatic N) is 2. The number of halogens is 2. The van der Waals surface area contributed by atoms with Crippen LogP contribution in [0.15, 0.2) is 60.7 Å². The summed E-state index contributed by atoms with van der Waals surface area (Å²) in [5.41, 5.74) is 1.56. The third-order valence-corrected chi connectivity index (χ3v) is 6.07. The fourth-order valence-corrected chi connectivity index (χ4v) is 3.97. The highest BCUT2D eigenvalue weighted by Crippen LogP contribution is 2.27. The van der Waals surface area contributed by atoms with Gasteiger partial charge in [0.1, 0.15) is 0 Å². The van der Waals surface area contributed by atoms with E-state index in [0.717, 1.165) is 16.5 Å². The minimum absolute atomic E-state index is 0.0190. The van der Waals surface area contributed by atoms with Gasteiger partial charge in [-0.1, -0.05) is 79.9 Å². The molecule has 33 heavy (non-hydrogen) atoms. The van der Waals surface area contributed by atoms with Crippen molar-refractivity contribution in [2.24, 2.45) is 0 Å². The number of nitrogens with one attached hydrogen (secondary N) is 1. The first-order valence-corrected chi connectivity index (χ1v) is 11.9. The van der Waals surface area contributed by atoms with Crippen molar-refractivity contribution in [3.05, 3.63) is 76.3 Å². The van der Waals surface area contributed by atoms with Crippen molar-refractivity contribution >= 4 is 51.5 Å². The number of hydrogen-bond donors (Lipinski definition) is 1. The lowest BCUT2D eigenvalue weighted by atomic mass is 10.0. The highest BCUT2D eigenvalue weighted by atomic mass is 35.5. The van der Waals surface area contributed by atoms with Crippen LogP contribution in [-0.4, -0.2) is 49.4 Å². The molecule has 5 nitrogen and oxygen atoms in total. The van der Waals surface area contributed by atoms with Crippen LogP contribution in [0.25, 0.3) is 10.8 Å². The summed E-state index contributed by atoms with van der Waals surface area (Å²) >= 11 is 12.1. The first-order chi connectivity index (χ1) is 15.9. The summed E-state index contributed by atoms with van der Waals surface area (Å²) < 4.78 is 0. The molecular weight excluding hydrogens is 457 g/mol. The second kappa shape index (κ2) is 11.9. The van der Waals surface area contributed by atoms with E-state index in [1.54, 1.807) is 17.0 Å². The lowest BCUT2D eigenvalue weighted by Gasteiger charge is -2.36. The lowest BCUT2D eigenvalue weighted by molar-refractivity contribution is -0.130. The van der Waals surface area contributed by atoms with Crippen molar-refractivity contribution in [1.82, 2.24) is 10.2 Å². The van der Waals surface area contributed by atoms with Gasteiger partial charge < -0.3 is 15.1 Å². The van der Waals surface area contributed by atoms with Gasteiger partial charge in [-0.25, -0.2) is 0 Å². The van der Waals surface area contributed by atoms with Crippen LogP contribution in [0.5, 0.6) is 0 Å². The molecule has 0 aromatic heterocycles. The summed E-state index contributed by atoms with van der Waals surface area (Å²) in [6.45, 7) is 6.79. The van der Waals surface area contributed by atoms with Gasteiger partial charge in [0.25, 0.3) is 5.91 Å². The van der Waals surface area contributed by atoms with E-state index in [-0.39, 0.29) is 18.4 Å². The van der Waals surface area contributed by atoms with E-state index in [9.17, 15) is 9.59 Å². The van der Waals surface area contributed by atoms with Crippen LogP contribution in [0.1, 0.15) is 30.6 Å². The largest absolute Gasteiger partial charge is 0.368 e. The molecule has 0 spiro atoms. The first kappa shape index (κ1) is 24.9. The predicted octanol–water partition coefficient (Wildman–Crippen LogP) is 5.64. The summed E-state index contributed by atoms with van der Waals surface area (Å²) in [6.07, 6.45) is 1.25. The summed E-state index contributed by atoms with van der Waals surface area (Å²) in [7, 11) is 0. The van der Waals surface area contributed by atoms with Crippen LogP contribution >= 0.6 is 23.2 Å². The number of carbonyl (C=O) groups is 2. The lowest BCUT2D eigenvalue weighted by Crippen LogP contribution is -2.51. The molecule has 1 fully saturated rings. The number of hydrogen-bond acceptors (Lipinski definition) is 3. The molecule has 174 valence electrons. The topological polar surface area (TPSA) is 52.7 Å². The number of amides is 2. The van der Waals surface area contributed by atoms with Gasteiger partial charge in [0.2, 0.25) is 5.91 Å². The van der Waals surface area contributed by atoms with Crippen molar-refractivity contribution in [3.8, 4) is 0 Å². The fourth-order valence-electron chi connectivity index (χ4n) is 3.68. The Bertz CT molecular complexity index is 1110. The smallest absolute Gasteiger partial charge is 0.252 e. The molecule has 4 rings (SSSR count). The molecule has 0 aliphatic carbocycles. The van der Waals surface area contributed by atoms with E-state index < -0.39 is 0 Å². The number of fused-ring (bicyclic) bond motifs is 1. The van der Waals surface area contributed by atoms with E-state index in [0.29, 0.717) is 41.8 Å². The minimum Gasteiger partial charge on any atom is -0.368 e. The minimum atomic E-state index is -0.241. The molecule has 3 aromatic rings. The number of carbonyl (C=O) groups excluding carboxylic acids is 2. The van der Waals surface area contributed by atoms with Gasteiger partial charge in [0.05, 0.1) is 16.6 Å². The van der Waals surface area contributed by atoms with Gasteiger partial charge in [0.15, 0.2) is 0 Å². The molecule has 1 aliphatic heterocycles. The molecule has 1 N–H and O–H groups in total. The Labute approximate surface area is 205 Å². The van der Waals surface area contributed by atoms with Crippen LogP contribution in [0.3, 0.4) is 0 Å². The molecule has 1 aliphatic rings. The zero-order chi connectivity index (χ0) is 23.8. The third-order valence-electron chi connectivity index (χ3n) is 5.34. The normalized spacial score (nSPS) is 13.3. The Balaban J connectivity index is 0.000000968. The van der Waals surface area contributed by atoms with E-state index in [2.05, 4.69) is 24.1 Å². The van der Waals surface area contributed by atoms with E-state index in [4.69, 9.17) is 23.2 Å². The maximum Gasteiger partial charge on any atom is 0.252 e. The quantitative estimate of drug-likeness (QED) is 0.519.